The van der Waals surface area contributed by atoms with Crippen LogP contribution in [0.5, 0.6) is 11.5 Å². The van der Waals surface area contributed by atoms with Crippen molar-refractivity contribution in [2.45, 2.75) is 12.8 Å². The van der Waals surface area contributed by atoms with Gasteiger partial charge in [-0.25, -0.2) is 9.66 Å². The Balaban J connectivity index is 1.73. The number of nitrogen functional groups attached to an aromatic ring is 2. The Kier molecular flexibility index (Phi) is 4.67. The number of aromatic nitrogens is 2. The highest BCUT2D eigenvalue weighted by molar-refractivity contribution is 6.08. The highest BCUT2D eigenvalue weighted by atomic mass is 16.5. The lowest BCUT2D eigenvalue weighted by Gasteiger charge is -2.06. The molecule has 1 aliphatic rings. The smallest absolute Gasteiger partial charge is 0.221 e. The molecule has 0 atom stereocenters. The summed E-state index contributed by atoms with van der Waals surface area (Å²) in [6.45, 7) is 0. The van der Waals surface area contributed by atoms with Gasteiger partial charge in [-0.2, -0.15) is 5.10 Å². The predicted molar refractivity (Wildman–Crippen MR) is 113 cm³/mol. The molecule has 0 amide bonds. The molecular formula is C21H22N6O2. The SMILES string of the molecule is COc1cc(OC)cc(-c2cn(N=C3CCc4c(C(=N)N)cccc43)c(N)n2)c1. The van der Waals surface area contributed by atoms with E-state index in [1.54, 1.807) is 31.2 Å². The molecular weight excluding hydrogens is 368 g/mol. The molecule has 3 aromatic rings. The van der Waals surface area contributed by atoms with Crippen LogP contribution in [-0.4, -0.2) is 35.4 Å². The van der Waals surface area contributed by atoms with Crippen LogP contribution < -0.4 is 20.9 Å². The van der Waals surface area contributed by atoms with E-state index >= 15 is 0 Å². The van der Waals surface area contributed by atoms with E-state index in [0.717, 1.165) is 40.8 Å². The van der Waals surface area contributed by atoms with Crippen molar-refractivity contribution in [3.05, 3.63) is 59.3 Å². The number of anilines is 1. The summed E-state index contributed by atoms with van der Waals surface area (Å²) < 4.78 is 12.2. The van der Waals surface area contributed by atoms with Gasteiger partial charge >= 0.3 is 0 Å². The highest BCUT2D eigenvalue weighted by Crippen LogP contribution is 2.30. The maximum Gasteiger partial charge on any atom is 0.221 e. The molecule has 0 fully saturated rings. The second kappa shape index (κ2) is 7.31. The second-order valence-corrected chi connectivity index (χ2v) is 6.72. The average Bonchev–Trinajstić information content (AvgIpc) is 3.31. The topological polar surface area (TPSA) is 125 Å². The number of hydrogen-bond donors (Lipinski definition) is 3. The summed E-state index contributed by atoms with van der Waals surface area (Å²) in [5.74, 6) is 1.69. The Bertz CT molecular complexity index is 1110. The van der Waals surface area contributed by atoms with Crippen molar-refractivity contribution < 1.29 is 9.47 Å². The van der Waals surface area contributed by atoms with E-state index in [0.29, 0.717) is 17.2 Å². The van der Waals surface area contributed by atoms with Gasteiger partial charge in [-0.3, -0.25) is 5.41 Å². The van der Waals surface area contributed by atoms with Crippen LogP contribution in [0.2, 0.25) is 0 Å². The van der Waals surface area contributed by atoms with Crippen molar-refractivity contribution in [1.29, 1.82) is 5.41 Å². The predicted octanol–water partition coefficient (Wildman–Crippen LogP) is 2.63. The van der Waals surface area contributed by atoms with E-state index in [2.05, 4.69) is 4.98 Å². The summed E-state index contributed by atoms with van der Waals surface area (Å²) in [7, 11) is 3.20. The van der Waals surface area contributed by atoms with Gasteiger partial charge < -0.3 is 20.9 Å². The number of nitrogens with one attached hydrogen (secondary N) is 1. The van der Waals surface area contributed by atoms with Crippen LogP contribution in [0.4, 0.5) is 5.95 Å². The number of rotatable bonds is 5. The van der Waals surface area contributed by atoms with Crippen molar-refractivity contribution in [2.75, 3.05) is 20.0 Å². The molecule has 2 aromatic carbocycles. The highest BCUT2D eigenvalue weighted by Gasteiger charge is 2.22. The minimum atomic E-state index is 0.0690. The van der Waals surface area contributed by atoms with Crippen LogP contribution in [0.3, 0.4) is 0 Å². The van der Waals surface area contributed by atoms with E-state index in [1.165, 1.54) is 0 Å². The number of methoxy groups -OCH3 is 2. The normalized spacial score (nSPS) is 14.1. The van der Waals surface area contributed by atoms with Crippen LogP contribution in [0.1, 0.15) is 23.1 Å². The van der Waals surface area contributed by atoms with E-state index < -0.39 is 0 Å². The minimum absolute atomic E-state index is 0.0690. The fourth-order valence-electron chi connectivity index (χ4n) is 3.55. The molecule has 8 nitrogen and oxygen atoms in total. The Labute approximate surface area is 168 Å². The summed E-state index contributed by atoms with van der Waals surface area (Å²) >= 11 is 0. The number of nitrogens with two attached hydrogens (primary N) is 2. The van der Waals surface area contributed by atoms with E-state index in [4.69, 9.17) is 31.5 Å². The standard InChI is InChI=1S/C21H22N6O2/c1-28-13-8-12(9-14(10-13)29-2)19-11-27(21(24)25-19)26-18-7-6-15-16(18)4-3-5-17(15)20(22)23/h3-5,8-11H,6-7H2,1-2H3,(H3,22,23)(H2,24,25). The van der Waals surface area contributed by atoms with Crippen molar-refractivity contribution in [1.82, 2.24) is 9.66 Å². The zero-order valence-electron chi connectivity index (χ0n) is 16.3. The van der Waals surface area contributed by atoms with Crippen LogP contribution in [0, 0.1) is 5.41 Å². The summed E-state index contributed by atoms with van der Waals surface area (Å²) in [6, 6.07) is 11.3. The summed E-state index contributed by atoms with van der Waals surface area (Å²) in [6.07, 6.45) is 3.32. The number of amidine groups is 1. The van der Waals surface area contributed by atoms with Crippen LogP contribution >= 0.6 is 0 Å². The number of nitrogens with zero attached hydrogens (tertiary/aromatic N) is 3. The molecule has 0 radical (unpaired) electrons. The molecule has 1 aromatic heterocycles. The van der Waals surface area contributed by atoms with E-state index in [-0.39, 0.29) is 11.8 Å². The summed E-state index contributed by atoms with van der Waals surface area (Å²) in [5, 5.41) is 12.5. The Morgan fingerprint density at radius 2 is 1.86 bits per heavy atom. The van der Waals surface area contributed by atoms with Crippen molar-refractivity contribution in [3.63, 3.8) is 0 Å². The molecule has 0 aliphatic heterocycles. The third kappa shape index (κ3) is 3.40. The monoisotopic (exact) mass is 390 g/mol. The van der Waals surface area contributed by atoms with Gasteiger partial charge in [0, 0.05) is 22.8 Å². The number of hydrogen-bond acceptors (Lipinski definition) is 6. The number of ether oxygens (including phenoxy) is 2. The molecule has 0 spiro atoms. The van der Waals surface area contributed by atoms with E-state index in [9.17, 15) is 0 Å². The molecule has 0 saturated carbocycles. The van der Waals surface area contributed by atoms with Gasteiger partial charge in [0.05, 0.1) is 31.8 Å². The zero-order valence-corrected chi connectivity index (χ0v) is 16.3. The maximum atomic E-state index is 7.77. The quantitative estimate of drug-likeness (QED) is 0.456. The zero-order chi connectivity index (χ0) is 20.5. The van der Waals surface area contributed by atoms with Gasteiger partial charge in [-0.15, -0.1) is 0 Å². The number of fused-ring (bicyclic) bond motifs is 1. The Morgan fingerprint density at radius 3 is 2.52 bits per heavy atom. The summed E-state index contributed by atoms with van der Waals surface area (Å²) in [4.78, 5) is 4.44. The Morgan fingerprint density at radius 1 is 1.14 bits per heavy atom. The number of imidazole rings is 1. The van der Waals surface area contributed by atoms with Crippen LogP contribution in [0.15, 0.2) is 47.7 Å². The maximum absolute atomic E-state index is 7.77. The fraction of sp³-hybridized carbons (Fsp3) is 0.190. The first kappa shape index (κ1) is 18.5. The Hall–Kier alpha value is -3.81. The van der Waals surface area contributed by atoms with Crippen LogP contribution in [-0.2, 0) is 6.42 Å². The van der Waals surface area contributed by atoms with E-state index in [1.807, 2.05) is 30.3 Å². The molecule has 0 unspecified atom stereocenters. The first-order valence-corrected chi connectivity index (χ1v) is 9.13. The molecule has 1 aliphatic carbocycles. The average molecular weight is 390 g/mol. The third-order valence-corrected chi connectivity index (χ3v) is 4.98. The van der Waals surface area contributed by atoms with Crippen molar-refractivity contribution >= 4 is 17.5 Å². The van der Waals surface area contributed by atoms with Gasteiger partial charge in [-0.1, -0.05) is 18.2 Å². The van der Waals surface area contributed by atoms with Crippen LogP contribution in [0.25, 0.3) is 11.3 Å². The molecule has 0 bridgehead atoms. The van der Waals surface area contributed by atoms with Gasteiger partial charge in [-0.05, 0) is 30.5 Å². The van der Waals surface area contributed by atoms with Gasteiger partial charge in [0.2, 0.25) is 5.95 Å². The minimum Gasteiger partial charge on any atom is -0.497 e. The molecule has 5 N–H and O–H groups in total. The largest absolute Gasteiger partial charge is 0.497 e. The van der Waals surface area contributed by atoms with Crippen molar-refractivity contribution in [3.8, 4) is 22.8 Å². The molecule has 29 heavy (non-hydrogen) atoms. The lowest BCUT2D eigenvalue weighted by atomic mass is 10.0. The molecule has 8 heteroatoms. The molecule has 148 valence electrons. The summed E-state index contributed by atoms with van der Waals surface area (Å²) in [5.41, 5.74) is 17.0. The third-order valence-electron chi connectivity index (χ3n) is 4.98. The number of benzene rings is 2. The second-order valence-electron chi connectivity index (χ2n) is 6.72. The molecule has 4 rings (SSSR count). The van der Waals surface area contributed by atoms with Gasteiger partial charge in [0.15, 0.2) is 0 Å². The fourth-order valence-corrected chi connectivity index (χ4v) is 3.55. The lowest BCUT2D eigenvalue weighted by Crippen LogP contribution is -2.13. The first-order valence-electron chi connectivity index (χ1n) is 9.13. The van der Waals surface area contributed by atoms with Gasteiger partial charge in [0.1, 0.15) is 17.3 Å². The van der Waals surface area contributed by atoms with Gasteiger partial charge in [0.25, 0.3) is 0 Å². The lowest BCUT2D eigenvalue weighted by molar-refractivity contribution is 0.394. The molecule has 0 saturated heterocycles. The van der Waals surface area contributed by atoms with Crippen molar-refractivity contribution in [2.24, 2.45) is 10.8 Å². The first-order chi connectivity index (χ1) is 14.0. The molecule has 1 heterocycles.